The highest BCUT2D eigenvalue weighted by Gasteiger charge is 2.10. The van der Waals surface area contributed by atoms with E-state index in [1.165, 1.54) is 0 Å². The van der Waals surface area contributed by atoms with E-state index in [2.05, 4.69) is 15.5 Å². The minimum absolute atomic E-state index is 0.547. The van der Waals surface area contributed by atoms with Gasteiger partial charge in [0.15, 0.2) is 5.82 Å². The summed E-state index contributed by atoms with van der Waals surface area (Å²) in [5.74, 6) is 1.26. The number of benzene rings is 1. The van der Waals surface area contributed by atoms with E-state index in [4.69, 9.17) is 16.1 Å². The van der Waals surface area contributed by atoms with E-state index in [0.717, 1.165) is 24.1 Å². The largest absolute Gasteiger partial charge is 0.334 e. The second-order valence-corrected chi connectivity index (χ2v) is 4.26. The van der Waals surface area contributed by atoms with Crippen LogP contribution in [0.1, 0.15) is 11.4 Å². The van der Waals surface area contributed by atoms with Gasteiger partial charge in [0.1, 0.15) is 0 Å². The van der Waals surface area contributed by atoms with Crippen LogP contribution in [-0.4, -0.2) is 23.7 Å². The Balaban J connectivity index is 2.24. The molecule has 0 radical (unpaired) electrons. The minimum Gasteiger partial charge on any atom is -0.334 e. The third-order valence-corrected chi connectivity index (χ3v) is 2.72. The Bertz CT molecular complexity index is 510. The Kier molecular flexibility index (Phi) is 3.76. The van der Waals surface area contributed by atoms with Crippen LogP contribution in [0.3, 0.4) is 0 Å². The third-order valence-electron chi connectivity index (χ3n) is 2.49. The second kappa shape index (κ2) is 5.29. The Labute approximate surface area is 105 Å². The lowest BCUT2D eigenvalue weighted by molar-refractivity contribution is 0.422. The van der Waals surface area contributed by atoms with Crippen molar-refractivity contribution in [2.45, 2.75) is 13.3 Å². The summed E-state index contributed by atoms with van der Waals surface area (Å²) in [7, 11) is 1.89. The minimum atomic E-state index is 0.547. The number of nitrogens with one attached hydrogen (secondary N) is 1. The molecule has 0 spiro atoms. The first-order valence-corrected chi connectivity index (χ1v) is 5.82. The Morgan fingerprint density at radius 2 is 2.24 bits per heavy atom. The van der Waals surface area contributed by atoms with Crippen molar-refractivity contribution in [1.82, 2.24) is 15.5 Å². The number of rotatable bonds is 4. The molecule has 17 heavy (non-hydrogen) atoms. The molecule has 4 nitrogen and oxygen atoms in total. The molecule has 1 aromatic heterocycles. The predicted molar refractivity (Wildman–Crippen MR) is 67.1 cm³/mol. The first-order valence-electron chi connectivity index (χ1n) is 5.44. The predicted octanol–water partition coefficient (Wildman–Crippen LogP) is 2.46. The van der Waals surface area contributed by atoms with Crippen LogP contribution in [0.2, 0.25) is 5.02 Å². The van der Waals surface area contributed by atoms with Crippen LogP contribution in [0.25, 0.3) is 11.5 Å². The lowest BCUT2D eigenvalue weighted by Gasteiger charge is -2.00. The first kappa shape index (κ1) is 12.1. The summed E-state index contributed by atoms with van der Waals surface area (Å²) in [6.45, 7) is 2.80. The molecule has 0 aliphatic rings. The molecule has 0 saturated carbocycles. The molecule has 0 bridgehead atoms. The molecular formula is C12H14ClN3O. The number of likely N-dealkylation sites (N-methyl/N-ethyl adjacent to an activating group) is 1. The quantitative estimate of drug-likeness (QED) is 0.907. The van der Waals surface area contributed by atoms with E-state index in [1.807, 2.05) is 32.2 Å². The van der Waals surface area contributed by atoms with E-state index in [0.29, 0.717) is 16.7 Å². The van der Waals surface area contributed by atoms with Gasteiger partial charge in [0.2, 0.25) is 0 Å². The molecule has 1 heterocycles. The molecule has 1 N–H and O–H groups in total. The molecule has 0 amide bonds. The van der Waals surface area contributed by atoms with Gasteiger partial charge >= 0.3 is 0 Å². The molecule has 5 heteroatoms. The van der Waals surface area contributed by atoms with Crippen LogP contribution < -0.4 is 5.32 Å². The monoisotopic (exact) mass is 251 g/mol. The third kappa shape index (κ3) is 2.84. The normalized spacial score (nSPS) is 10.8. The molecule has 0 saturated heterocycles. The van der Waals surface area contributed by atoms with Crippen molar-refractivity contribution >= 4 is 11.6 Å². The lowest BCUT2D eigenvalue weighted by atomic mass is 10.1. The first-order chi connectivity index (χ1) is 8.20. The van der Waals surface area contributed by atoms with E-state index < -0.39 is 0 Å². The summed E-state index contributed by atoms with van der Waals surface area (Å²) in [6, 6.07) is 5.60. The summed E-state index contributed by atoms with van der Waals surface area (Å²) in [5, 5.41) is 7.69. The van der Waals surface area contributed by atoms with Gasteiger partial charge in [-0.05, 0) is 37.7 Å². The van der Waals surface area contributed by atoms with Gasteiger partial charge < -0.3 is 9.84 Å². The Morgan fingerprint density at radius 1 is 1.41 bits per heavy atom. The van der Waals surface area contributed by atoms with Gasteiger partial charge in [-0.25, -0.2) is 0 Å². The van der Waals surface area contributed by atoms with Crippen molar-refractivity contribution in [3.8, 4) is 11.5 Å². The number of aromatic nitrogens is 2. The molecule has 0 aliphatic heterocycles. The molecular weight excluding hydrogens is 238 g/mol. The molecule has 0 unspecified atom stereocenters. The van der Waals surface area contributed by atoms with Gasteiger partial charge in [-0.3, -0.25) is 0 Å². The lowest BCUT2D eigenvalue weighted by Crippen LogP contribution is -2.11. The summed E-state index contributed by atoms with van der Waals surface area (Å²) in [4.78, 5) is 4.35. The van der Waals surface area contributed by atoms with Crippen LogP contribution >= 0.6 is 11.6 Å². The van der Waals surface area contributed by atoms with Crippen LogP contribution in [0.5, 0.6) is 0 Å². The van der Waals surface area contributed by atoms with Gasteiger partial charge in [0.25, 0.3) is 5.89 Å². The number of aryl methyl sites for hydroxylation is 1. The van der Waals surface area contributed by atoms with Gasteiger partial charge in [0, 0.05) is 23.6 Å². The van der Waals surface area contributed by atoms with Crippen molar-refractivity contribution in [2.24, 2.45) is 0 Å². The van der Waals surface area contributed by atoms with Gasteiger partial charge in [-0.15, -0.1) is 0 Å². The van der Waals surface area contributed by atoms with Crippen LogP contribution in [0, 0.1) is 6.92 Å². The molecule has 1 aromatic carbocycles. The van der Waals surface area contributed by atoms with Crippen LogP contribution in [0.15, 0.2) is 22.7 Å². The molecule has 2 rings (SSSR count). The Hall–Kier alpha value is -1.39. The maximum absolute atomic E-state index is 5.90. The standard InChI is InChI=1S/C12H14ClN3O/c1-8-7-9(13)3-4-10(8)12-15-11(16-17-12)5-6-14-2/h3-4,7,14H,5-6H2,1-2H3. The van der Waals surface area contributed by atoms with E-state index in [-0.39, 0.29) is 0 Å². The average molecular weight is 252 g/mol. The maximum atomic E-state index is 5.90. The summed E-state index contributed by atoms with van der Waals surface area (Å²) < 4.78 is 5.24. The number of nitrogens with zero attached hydrogens (tertiary/aromatic N) is 2. The SMILES string of the molecule is CNCCc1noc(-c2ccc(Cl)cc2C)n1. The number of halogens is 1. The van der Waals surface area contributed by atoms with Crippen molar-refractivity contribution in [2.75, 3.05) is 13.6 Å². The second-order valence-electron chi connectivity index (χ2n) is 3.83. The van der Waals surface area contributed by atoms with E-state index in [9.17, 15) is 0 Å². The summed E-state index contributed by atoms with van der Waals surface area (Å²) in [5.41, 5.74) is 1.96. The fourth-order valence-electron chi connectivity index (χ4n) is 1.57. The van der Waals surface area contributed by atoms with Crippen LogP contribution in [-0.2, 0) is 6.42 Å². The molecule has 90 valence electrons. The summed E-state index contributed by atoms with van der Waals surface area (Å²) in [6.07, 6.45) is 0.757. The zero-order chi connectivity index (χ0) is 12.3. The summed E-state index contributed by atoms with van der Waals surface area (Å²) >= 11 is 5.90. The van der Waals surface area contributed by atoms with Crippen molar-refractivity contribution in [3.05, 3.63) is 34.6 Å². The highest BCUT2D eigenvalue weighted by molar-refractivity contribution is 6.30. The molecule has 0 atom stereocenters. The maximum Gasteiger partial charge on any atom is 0.258 e. The van der Waals surface area contributed by atoms with Crippen molar-refractivity contribution in [1.29, 1.82) is 0 Å². The highest BCUT2D eigenvalue weighted by atomic mass is 35.5. The van der Waals surface area contributed by atoms with Gasteiger partial charge in [-0.1, -0.05) is 16.8 Å². The van der Waals surface area contributed by atoms with Gasteiger partial charge in [-0.2, -0.15) is 4.98 Å². The van der Waals surface area contributed by atoms with Crippen molar-refractivity contribution < 1.29 is 4.52 Å². The van der Waals surface area contributed by atoms with E-state index in [1.54, 1.807) is 0 Å². The van der Waals surface area contributed by atoms with Crippen LogP contribution in [0.4, 0.5) is 0 Å². The smallest absolute Gasteiger partial charge is 0.258 e. The van der Waals surface area contributed by atoms with Crippen molar-refractivity contribution in [3.63, 3.8) is 0 Å². The fourth-order valence-corrected chi connectivity index (χ4v) is 1.80. The fraction of sp³-hybridized carbons (Fsp3) is 0.333. The van der Waals surface area contributed by atoms with E-state index >= 15 is 0 Å². The average Bonchev–Trinajstić information content (AvgIpc) is 2.75. The molecule has 0 fully saturated rings. The molecule has 0 aliphatic carbocycles. The highest BCUT2D eigenvalue weighted by Crippen LogP contribution is 2.24. The number of hydrogen-bond acceptors (Lipinski definition) is 4. The topological polar surface area (TPSA) is 51.0 Å². The zero-order valence-corrected chi connectivity index (χ0v) is 10.6. The number of hydrogen-bond donors (Lipinski definition) is 1. The molecule has 2 aromatic rings. The zero-order valence-electron chi connectivity index (χ0n) is 9.83. The Morgan fingerprint density at radius 3 is 2.94 bits per heavy atom. The van der Waals surface area contributed by atoms with Gasteiger partial charge in [0.05, 0.1) is 0 Å².